The van der Waals surface area contributed by atoms with Crippen molar-refractivity contribution in [3.8, 4) is 22.3 Å². The third-order valence-electron chi connectivity index (χ3n) is 5.59. The fourth-order valence-corrected chi connectivity index (χ4v) is 4.48. The molecule has 2 aromatic rings. The molecule has 0 saturated carbocycles. The van der Waals surface area contributed by atoms with Gasteiger partial charge in [-0.05, 0) is 22.3 Å². The molecule has 2 aromatic heterocycles. The van der Waals surface area contributed by atoms with Gasteiger partial charge in [0, 0.05) is 10.8 Å². The monoisotopic (exact) mass is 394 g/mol. The van der Waals surface area contributed by atoms with Gasteiger partial charge in [0.05, 0.1) is 21.5 Å². The van der Waals surface area contributed by atoms with Gasteiger partial charge >= 0.3 is 22.5 Å². The highest BCUT2D eigenvalue weighted by Crippen LogP contribution is 2.44. The molecule has 142 valence electrons. The maximum atomic E-state index is 13.0. The molecule has 0 bridgehead atoms. The molecule has 4 aliphatic carbocycles. The minimum Gasteiger partial charge on any atom is -0.386 e. The van der Waals surface area contributed by atoms with Crippen molar-refractivity contribution < 1.29 is 8.83 Å². The minimum absolute atomic E-state index is 0.0795. The van der Waals surface area contributed by atoms with E-state index in [1.807, 2.05) is 0 Å². The highest BCUT2D eigenvalue weighted by Gasteiger charge is 2.29. The molecule has 2 heterocycles. The zero-order valence-corrected chi connectivity index (χ0v) is 15.2. The van der Waals surface area contributed by atoms with Gasteiger partial charge in [0.25, 0.3) is 0 Å². The van der Waals surface area contributed by atoms with Crippen LogP contribution in [0, 0.1) is 0 Å². The second kappa shape index (κ2) is 5.61. The van der Waals surface area contributed by atoms with E-state index < -0.39 is 22.5 Å². The van der Waals surface area contributed by atoms with E-state index in [-0.39, 0.29) is 32.3 Å². The van der Waals surface area contributed by atoms with E-state index in [1.165, 1.54) is 0 Å². The Morgan fingerprint density at radius 3 is 0.900 bits per heavy atom. The van der Waals surface area contributed by atoms with Gasteiger partial charge in [-0.15, -0.1) is 0 Å². The van der Waals surface area contributed by atoms with Gasteiger partial charge in [-0.3, -0.25) is 0 Å². The second-order valence-corrected chi connectivity index (χ2v) is 7.08. The summed E-state index contributed by atoms with van der Waals surface area (Å²) in [6, 6.07) is 17.1. The lowest BCUT2D eigenvalue weighted by Crippen LogP contribution is -2.05. The summed E-state index contributed by atoms with van der Waals surface area (Å²) >= 11 is 0. The van der Waals surface area contributed by atoms with Crippen molar-refractivity contribution in [3.63, 3.8) is 0 Å². The van der Waals surface area contributed by atoms with Crippen LogP contribution in [0.25, 0.3) is 54.6 Å². The molecule has 4 aliphatic rings. The molecule has 0 N–H and O–H groups in total. The number of fused-ring (bicyclic) bond motifs is 6. The first kappa shape index (κ1) is 16.6. The largest absolute Gasteiger partial charge is 0.386 e. The highest BCUT2D eigenvalue weighted by atomic mass is 16.4. The molecule has 0 spiro atoms. The van der Waals surface area contributed by atoms with Crippen molar-refractivity contribution in [1.29, 1.82) is 0 Å². The van der Waals surface area contributed by atoms with E-state index in [4.69, 9.17) is 8.83 Å². The normalized spacial score (nSPS) is 11.9. The van der Waals surface area contributed by atoms with Crippen molar-refractivity contribution >= 4 is 32.3 Å². The van der Waals surface area contributed by atoms with E-state index in [2.05, 4.69) is 0 Å². The summed E-state index contributed by atoms with van der Waals surface area (Å²) in [7, 11) is 0. The molecule has 30 heavy (non-hydrogen) atoms. The Morgan fingerprint density at radius 1 is 0.367 bits per heavy atom. The first-order chi connectivity index (χ1) is 14.6. The van der Waals surface area contributed by atoms with Crippen LogP contribution in [0.2, 0.25) is 0 Å². The van der Waals surface area contributed by atoms with E-state index >= 15 is 0 Å². The van der Waals surface area contributed by atoms with Crippen LogP contribution < -0.4 is 22.5 Å². The van der Waals surface area contributed by atoms with E-state index in [0.717, 1.165) is 0 Å². The zero-order chi connectivity index (χ0) is 20.6. The van der Waals surface area contributed by atoms with E-state index in [0.29, 0.717) is 22.3 Å². The molecular formula is C24H10O6. The lowest BCUT2D eigenvalue weighted by atomic mass is 10.1. The molecule has 0 unspecified atom stereocenters. The Balaban J connectivity index is 2.22. The Kier molecular flexibility index (Phi) is 3.11. The molecule has 6 nitrogen and oxygen atoms in total. The fraction of sp³-hybridized carbons (Fsp3) is 0. The number of rotatable bonds is 0. The van der Waals surface area contributed by atoms with Crippen LogP contribution in [0.1, 0.15) is 0 Å². The van der Waals surface area contributed by atoms with E-state index in [9.17, 15) is 19.2 Å². The van der Waals surface area contributed by atoms with Crippen molar-refractivity contribution in [2.75, 3.05) is 0 Å². The third-order valence-corrected chi connectivity index (χ3v) is 5.59. The van der Waals surface area contributed by atoms with Crippen LogP contribution in [-0.2, 0) is 0 Å². The first-order valence-corrected chi connectivity index (χ1v) is 9.20. The molecule has 0 aromatic carbocycles. The summed E-state index contributed by atoms with van der Waals surface area (Å²) in [6.45, 7) is 0. The van der Waals surface area contributed by atoms with Crippen molar-refractivity contribution in [2.45, 2.75) is 0 Å². The SMILES string of the molecule is O=c1oc(=O)c2c3cccccc-3c3c(=O)oc(=O)c4c5cccccc-5c1c4c23. The lowest BCUT2D eigenvalue weighted by Gasteiger charge is -1.92. The lowest BCUT2D eigenvalue weighted by molar-refractivity contribution is 0.491. The fourth-order valence-electron chi connectivity index (χ4n) is 4.48. The first-order valence-electron chi connectivity index (χ1n) is 9.20. The van der Waals surface area contributed by atoms with Crippen LogP contribution in [0.15, 0.2) is 88.7 Å². The molecule has 6 heteroatoms. The standard InChI is InChI=1S/C24H10O6/c25-21-15-11-7-3-1-4-8-12(11)16-19(15)20-17(23(27)29-21)13-9-5-2-6-10-14(13)18(20)24(28)30-22(16)26/h1-10H. The van der Waals surface area contributed by atoms with Crippen LogP contribution >= 0.6 is 0 Å². The van der Waals surface area contributed by atoms with Gasteiger partial charge in [-0.2, -0.15) is 0 Å². The summed E-state index contributed by atoms with van der Waals surface area (Å²) in [5.41, 5.74) is -1.67. The topological polar surface area (TPSA) is 94.6 Å². The summed E-state index contributed by atoms with van der Waals surface area (Å²) in [4.78, 5) is 51.9. The molecule has 0 atom stereocenters. The molecular weight excluding hydrogens is 384 g/mol. The van der Waals surface area contributed by atoms with Gasteiger partial charge in [0.1, 0.15) is 0 Å². The van der Waals surface area contributed by atoms with Crippen molar-refractivity contribution in [2.24, 2.45) is 0 Å². The van der Waals surface area contributed by atoms with Gasteiger partial charge in [0.15, 0.2) is 0 Å². The molecule has 0 radical (unpaired) electrons. The molecule has 0 amide bonds. The Bertz CT molecular complexity index is 1570. The Hall–Kier alpha value is -4.32. The van der Waals surface area contributed by atoms with Crippen molar-refractivity contribution in [1.82, 2.24) is 0 Å². The van der Waals surface area contributed by atoms with Gasteiger partial charge < -0.3 is 8.83 Å². The predicted molar refractivity (Wildman–Crippen MR) is 113 cm³/mol. The van der Waals surface area contributed by atoms with Gasteiger partial charge in [-0.1, -0.05) is 60.7 Å². The number of hydrogen-bond donors (Lipinski definition) is 0. The van der Waals surface area contributed by atoms with Crippen LogP contribution in [0.3, 0.4) is 0 Å². The second-order valence-electron chi connectivity index (χ2n) is 7.08. The predicted octanol–water partition coefficient (Wildman–Crippen LogP) is 3.42. The zero-order valence-electron chi connectivity index (χ0n) is 15.2. The molecule has 0 saturated heterocycles. The molecule has 0 aliphatic heterocycles. The Labute approximate surface area is 166 Å². The molecule has 6 rings (SSSR count). The number of hydrogen-bond acceptors (Lipinski definition) is 6. The smallest absolute Gasteiger partial charge is 0.347 e. The Morgan fingerprint density at radius 2 is 0.633 bits per heavy atom. The van der Waals surface area contributed by atoms with Gasteiger partial charge in [-0.25, -0.2) is 19.2 Å². The van der Waals surface area contributed by atoms with Crippen LogP contribution in [0.5, 0.6) is 0 Å². The van der Waals surface area contributed by atoms with Crippen molar-refractivity contribution in [3.05, 3.63) is 102 Å². The maximum Gasteiger partial charge on any atom is 0.347 e. The van der Waals surface area contributed by atoms with Gasteiger partial charge in [0.2, 0.25) is 0 Å². The van der Waals surface area contributed by atoms with E-state index in [1.54, 1.807) is 60.7 Å². The van der Waals surface area contributed by atoms with Crippen LogP contribution in [-0.4, -0.2) is 0 Å². The average Bonchev–Trinajstić information content (AvgIpc) is 2.86. The highest BCUT2D eigenvalue weighted by molar-refractivity contribution is 6.33. The molecule has 0 fully saturated rings. The summed E-state index contributed by atoms with van der Waals surface area (Å²) < 4.78 is 10.3. The minimum atomic E-state index is -0.866. The average molecular weight is 394 g/mol. The quantitative estimate of drug-likeness (QED) is 0.392. The summed E-state index contributed by atoms with van der Waals surface area (Å²) in [5.74, 6) is 0. The third kappa shape index (κ3) is 1.92. The maximum absolute atomic E-state index is 13.0. The summed E-state index contributed by atoms with van der Waals surface area (Å²) in [5, 5.41) is 0.747. The summed E-state index contributed by atoms with van der Waals surface area (Å²) in [6.07, 6.45) is 0. The van der Waals surface area contributed by atoms with Crippen LogP contribution in [0.4, 0.5) is 0 Å².